The summed E-state index contributed by atoms with van der Waals surface area (Å²) in [6.45, 7) is 3.73. The molecule has 2 saturated heterocycles. The zero-order valence-corrected chi connectivity index (χ0v) is 18.8. The molecule has 0 bridgehead atoms. The molecule has 1 atom stereocenters. The van der Waals surface area contributed by atoms with E-state index in [4.69, 9.17) is 0 Å². The highest BCUT2D eigenvalue weighted by Crippen LogP contribution is 2.32. The number of carbonyl (C=O) groups is 1. The van der Waals surface area contributed by atoms with Crippen molar-refractivity contribution < 1.29 is 9.18 Å². The van der Waals surface area contributed by atoms with Gasteiger partial charge in [-0.2, -0.15) is 5.10 Å². The first-order valence-corrected chi connectivity index (χ1v) is 11.9. The molecule has 2 aliphatic rings. The number of nitrogens with one attached hydrogen (secondary N) is 1. The first kappa shape index (κ1) is 21.8. The molecule has 0 aliphatic carbocycles. The van der Waals surface area contributed by atoms with Gasteiger partial charge in [0.1, 0.15) is 11.6 Å². The van der Waals surface area contributed by atoms with E-state index in [2.05, 4.69) is 26.1 Å². The van der Waals surface area contributed by atoms with E-state index in [1.165, 1.54) is 31.4 Å². The minimum absolute atomic E-state index is 0.0648. The maximum Gasteiger partial charge on any atom is 0.254 e. The van der Waals surface area contributed by atoms with Crippen molar-refractivity contribution in [2.45, 2.75) is 51.1 Å². The standard InChI is InChI=1S/C26H30FN5O/c27-21-12-10-19(11-13-21)17-24-28-25(30-29-24)23-9-6-16-32(23)26(33)22-8-3-2-7-20(22)18-31-14-4-1-5-15-31/h2-3,7-8,10-13,23H,1,4-6,9,14-18H2,(H,28,29,30)/t23-/m0/s1. The normalized spacial score (nSPS) is 19.2. The number of amides is 1. The van der Waals surface area contributed by atoms with Crippen molar-refractivity contribution >= 4 is 5.91 Å². The monoisotopic (exact) mass is 447 g/mol. The summed E-state index contributed by atoms with van der Waals surface area (Å²) in [5.74, 6) is 1.19. The number of benzene rings is 2. The number of aromatic nitrogens is 3. The van der Waals surface area contributed by atoms with Crippen LogP contribution in [-0.4, -0.2) is 50.5 Å². The molecule has 33 heavy (non-hydrogen) atoms. The number of hydrogen-bond donors (Lipinski definition) is 1. The number of nitrogens with zero attached hydrogens (tertiary/aromatic N) is 4. The molecule has 172 valence electrons. The van der Waals surface area contributed by atoms with Gasteiger partial charge in [0.25, 0.3) is 5.91 Å². The Hall–Kier alpha value is -3.06. The molecule has 3 heterocycles. The van der Waals surface area contributed by atoms with Crippen LogP contribution < -0.4 is 0 Å². The van der Waals surface area contributed by atoms with Crippen LogP contribution in [0.4, 0.5) is 4.39 Å². The highest BCUT2D eigenvalue weighted by Gasteiger charge is 2.34. The van der Waals surface area contributed by atoms with Crippen LogP contribution in [0.15, 0.2) is 48.5 Å². The van der Waals surface area contributed by atoms with Gasteiger partial charge >= 0.3 is 0 Å². The largest absolute Gasteiger partial charge is 0.328 e. The fourth-order valence-electron chi connectivity index (χ4n) is 4.99. The summed E-state index contributed by atoms with van der Waals surface area (Å²) in [6.07, 6.45) is 6.10. The van der Waals surface area contributed by atoms with E-state index >= 15 is 0 Å². The van der Waals surface area contributed by atoms with Crippen LogP contribution in [0.1, 0.15) is 71.3 Å². The first-order valence-electron chi connectivity index (χ1n) is 11.9. The lowest BCUT2D eigenvalue weighted by atomic mass is 10.0. The van der Waals surface area contributed by atoms with Crippen molar-refractivity contribution in [2.75, 3.05) is 19.6 Å². The number of hydrogen-bond acceptors (Lipinski definition) is 4. The molecular weight excluding hydrogens is 417 g/mol. The lowest BCUT2D eigenvalue weighted by molar-refractivity contribution is 0.0727. The van der Waals surface area contributed by atoms with Gasteiger partial charge in [-0.25, -0.2) is 9.37 Å². The van der Waals surface area contributed by atoms with E-state index < -0.39 is 0 Å². The molecule has 6 nitrogen and oxygen atoms in total. The molecule has 1 amide bonds. The second-order valence-corrected chi connectivity index (χ2v) is 9.09. The lowest BCUT2D eigenvalue weighted by Crippen LogP contribution is -2.33. The van der Waals surface area contributed by atoms with Crippen molar-refractivity contribution in [1.82, 2.24) is 25.0 Å². The molecule has 1 N–H and O–H groups in total. The molecule has 0 saturated carbocycles. The fraction of sp³-hybridized carbons (Fsp3) is 0.423. The summed E-state index contributed by atoms with van der Waals surface area (Å²) >= 11 is 0. The average molecular weight is 448 g/mol. The summed E-state index contributed by atoms with van der Waals surface area (Å²) in [7, 11) is 0. The number of H-pyrrole nitrogens is 1. The zero-order chi connectivity index (χ0) is 22.6. The predicted octanol–water partition coefficient (Wildman–Crippen LogP) is 4.50. The molecule has 2 fully saturated rings. The van der Waals surface area contributed by atoms with Crippen LogP contribution in [-0.2, 0) is 13.0 Å². The quantitative estimate of drug-likeness (QED) is 0.604. The summed E-state index contributed by atoms with van der Waals surface area (Å²) in [4.78, 5) is 22.7. The molecule has 5 rings (SSSR count). The molecule has 3 aromatic rings. The van der Waals surface area contributed by atoms with Crippen molar-refractivity contribution in [3.8, 4) is 0 Å². The number of likely N-dealkylation sites (tertiary alicyclic amines) is 2. The van der Waals surface area contributed by atoms with E-state index in [0.29, 0.717) is 18.8 Å². The molecule has 2 aromatic carbocycles. The highest BCUT2D eigenvalue weighted by atomic mass is 19.1. The van der Waals surface area contributed by atoms with Gasteiger partial charge in [-0.3, -0.25) is 14.8 Å². The third-order valence-corrected chi connectivity index (χ3v) is 6.74. The van der Waals surface area contributed by atoms with Crippen molar-refractivity contribution in [2.24, 2.45) is 0 Å². The van der Waals surface area contributed by atoms with Gasteiger partial charge in [0, 0.05) is 25.1 Å². The zero-order valence-electron chi connectivity index (χ0n) is 18.8. The minimum atomic E-state index is -0.252. The van der Waals surface area contributed by atoms with Gasteiger partial charge in [-0.05, 0) is 68.1 Å². The summed E-state index contributed by atoms with van der Waals surface area (Å²) in [5, 5.41) is 7.45. The summed E-state index contributed by atoms with van der Waals surface area (Å²) in [6, 6.07) is 14.3. The Labute approximate surface area is 193 Å². The van der Waals surface area contributed by atoms with Crippen LogP contribution in [0.5, 0.6) is 0 Å². The van der Waals surface area contributed by atoms with Crippen LogP contribution in [0.25, 0.3) is 0 Å². The molecule has 0 radical (unpaired) electrons. The van der Waals surface area contributed by atoms with Crippen LogP contribution in [0.2, 0.25) is 0 Å². The number of carbonyl (C=O) groups excluding carboxylic acids is 1. The molecule has 1 aromatic heterocycles. The van der Waals surface area contributed by atoms with Gasteiger partial charge in [0.15, 0.2) is 5.82 Å². The number of piperidine rings is 1. The average Bonchev–Trinajstić information content (AvgIpc) is 3.51. The van der Waals surface area contributed by atoms with E-state index in [9.17, 15) is 9.18 Å². The minimum Gasteiger partial charge on any atom is -0.328 e. The Balaban J connectivity index is 1.31. The molecule has 0 unspecified atom stereocenters. The van der Waals surface area contributed by atoms with E-state index in [1.54, 1.807) is 12.1 Å². The Morgan fingerprint density at radius 1 is 1.00 bits per heavy atom. The highest BCUT2D eigenvalue weighted by molar-refractivity contribution is 5.96. The van der Waals surface area contributed by atoms with Gasteiger partial charge in [-0.15, -0.1) is 0 Å². The molecular formula is C26H30FN5O. The van der Waals surface area contributed by atoms with Crippen molar-refractivity contribution in [1.29, 1.82) is 0 Å². The van der Waals surface area contributed by atoms with Crippen molar-refractivity contribution in [3.05, 3.63) is 82.7 Å². The summed E-state index contributed by atoms with van der Waals surface area (Å²) in [5.41, 5.74) is 2.85. The Bertz CT molecular complexity index is 1090. The topological polar surface area (TPSA) is 65.1 Å². The summed E-state index contributed by atoms with van der Waals surface area (Å²) < 4.78 is 13.2. The Kier molecular flexibility index (Phi) is 6.48. The van der Waals surface area contributed by atoms with Gasteiger partial charge < -0.3 is 4.90 Å². The number of aromatic amines is 1. The van der Waals surface area contributed by atoms with Gasteiger partial charge in [0.2, 0.25) is 0 Å². The van der Waals surface area contributed by atoms with Crippen LogP contribution in [0, 0.1) is 5.82 Å². The third-order valence-electron chi connectivity index (χ3n) is 6.74. The Morgan fingerprint density at radius 3 is 2.61 bits per heavy atom. The van der Waals surface area contributed by atoms with Crippen molar-refractivity contribution in [3.63, 3.8) is 0 Å². The van der Waals surface area contributed by atoms with E-state index in [0.717, 1.165) is 55.0 Å². The van der Waals surface area contributed by atoms with Gasteiger partial charge in [-0.1, -0.05) is 36.8 Å². The number of rotatable bonds is 6. The second-order valence-electron chi connectivity index (χ2n) is 9.09. The fourth-order valence-corrected chi connectivity index (χ4v) is 4.99. The van der Waals surface area contributed by atoms with Crippen LogP contribution in [0.3, 0.4) is 0 Å². The maximum atomic E-state index is 13.6. The van der Waals surface area contributed by atoms with Gasteiger partial charge in [0.05, 0.1) is 6.04 Å². The first-order chi connectivity index (χ1) is 16.2. The van der Waals surface area contributed by atoms with Crippen LogP contribution >= 0.6 is 0 Å². The number of halogens is 1. The van der Waals surface area contributed by atoms with E-state index in [-0.39, 0.29) is 17.8 Å². The third kappa shape index (κ3) is 4.98. The molecule has 7 heteroatoms. The second kappa shape index (κ2) is 9.83. The smallest absolute Gasteiger partial charge is 0.254 e. The maximum absolute atomic E-state index is 13.6. The molecule has 0 spiro atoms. The van der Waals surface area contributed by atoms with E-state index in [1.807, 2.05) is 23.1 Å². The lowest BCUT2D eigenvalue weighted by Gasteiger charge is -2.28. The Morgan fingerprint density at radius 2 is 1.79 bits per heavy atom. The molecule has 2 aliphatic heterocycles. The SMILES string of the molecule is O=C(c1ccccc1CN1CCCCC1)N1CCC[C@H]1c1n[nH]c(Cc2ccc(F)cc2)n1. The predicted molar refractivity (Wildman–Crippen MR) is 124 cm³/mol.